The van der Waals surface area contributed by atoms with Gasteiger partial charge in [0.05, 0.1) is 6.10 Å². The second kappa shape index (κ2) is 3.62. The average Bonchev–Trinajstić information content (AvgIpc) is 2.30. The van der Waals surface area contributed by atoms with Gasteiger partial charge in [0.2, 0.25) is 0 Å². The van der Waals surface area contributed by atoms with Gasteiger partial charge in [-0.15, -0.1) is 0 Å². The molecular weight excluding hydrogens is 186 g/mol. The van der Waals surface area contributed by atoms with Crippen LogP contribution in [0.3, 0.4) is 0 Å². The van der Waals surface area contributed by atoms with Crippen molar-refractivity contribution in [3.05, 3.63) is 35.4 Å². The van der Waals surface area contributed by atoms with E-state index in [1.54, 1.807) is 0 Å². The second-order valence-corrected chi connectivity index (χ2v) is 4.68. The number of piperidine rings is 1. The van der Waals surface area contributed by atoms with Gasteiger partial charge in [-0.05, 0) is 30.5 Å². The van der Waals surface area contributed by atoms with E-state index in [1.807, 2.05) is 6.07 Å². The van der Waals surface area contributed by atoms with Crippen molar-refractivity contribution in [1.82, 2.24) is 4.90 Å². The summed E-state index contributed by atoms with van der Waals surface area (Å²) in [5.41, 5.74) is 2.46. The minimum absolute atomic E-state index is 0.268. The molecule has 1 N–H and O–H groups in total. The summed E-state index contributed by atoms with van der Waals surface area (Å²) >= 11 is 0. The molecule has 1 aromatic rings. The molecular formula is C13H17NO. The van der Waals surface area contributed by atoms with Crippen LogP contribution in [0.2, 0.25) is 0 Å². The highest BCUT2D eigenvalue weighted by molar-refractivity contribution is 5.32. The summed E-state index contributed by atoms with van der Waals surface area (Å²) < 4.78 is 0. The van der Waals surface area contributed by atoms with Crippen LogP contribution in [0.4, 0.5) is 0 Å². The zero-order chi connectivity index (χ0) is 10.3. The Bertz CT molecular complexity index is 363. The van der Waals surface area contributed by atoms with E-state index in [0.29, 0.717) is 6.04 Å². The third-order valence-electron chi connectivity index (χ3n) is 3.78. The third kappa shape index (κ3) is 1.48. The molecule has 2 nitrogen and oxygen atoms in total. The van der Waals surface area contributed by atoms with E-state index in [2.05, 4.69) is 23.1 Å². The van der Waals surface area contributed by atoms with Crippen molar-refractivity contribution in [3.8, 4) is 0 Å². The third-order valence-corrected chi connectivity index (χ3v) is 3.78. The molecule has 0 radical (unpaired) electrons. The van der Waals surface area contributed by atoms with Crippen LogP contribution >= 0.6 is 0 Å². The molecule has 2 aliphatic heterocycles. The molecule has 0 amide bonds. The quantitative estimate of drug-likeness (QED) is 0.698. The van der Waals surface area contributed by atoms with Crippen LogP contribution in [0.15, 0.2) is 24.3 Å². The Morgan fingerprint density at radius 1 is 1.20 bits per heavy atom. The minimum atomic E-state index is -0.268. The summed E-state index contributed by atoms with van der Waals surface area (Å²) in [5.74, 6) is 0. The van der Waals surface area contributed by atoms with Crippen LogP contribution in [-0.2, 0) is 6.54 Å². The summed E-state index contributed by atoms with van der Waals surface area (Å²) in [6.45, 7) is 2.17. The van der Waals surface area contributed by atoms with E-state index in [0.717, 1.165) is 25.1 Å². The van der Waals surface area contributed by atoms with Crippen molar-refractivity contribution in [2.24, 2.45) is 0 Å². The van der Waals surface area contributed by atoms with Gasteiger partial charge in [-0.25, -0.2) is 0 Å². The number of hydrogen-bond acceptors (Lipinski definition) is 2. The van der Waals surface area contributed by atoms with Gasteiger partial charge < -0.3 is 5.11 Å². The van der Waals surface area contributed by atoms with Gasteiger partial charge in [-0.3, -0.25) is 4.90 Å². The fourth-order valence-corrected chi connectivity index (χ4v) is 2.96. The lowest BCUT2D eigenvalue weighted by Crippen LogP contribution is -2.46. The molecule has 80 valence electrons. The Kier molecular flexibility index (Phi) is 2.26. The molecule has 2 atom stereocenters. The topological polar surface area (TPSA) is 23.5 Å². The number of fused-ring (bicyclic) bond motifs is 2. The van der Waals surface area contributed by atoms with E-state index < -0.39 is 0 Å². The molecule has 2 aliphatic rings. The van der Waals surface area contributed by atoms with Crippen molar-refractivity contribution in [2.75, 3.05) is 6.54 Å². The molecule has 0 bridgehead atoms. The van der Waals surface area contributed by atoms with Gasteiger partial charge in [0.15, 0.2) is 0 Å². The first-order valence-electron chi connectivity index (χ1n) is 5.86. The number of rotatable bonds is 0. The van der Waals surface area contributed by atoms with Crippen molar-refractivity contribution in [1.29, 1.82) is 0 Å². The van der Waals surface area contributed by atoms with E-state index in [4.69, 9.17) is 0 Å². The molecule has 1 fully saturated rings. The summed E-state index contributed by atoms with van der Waals surface area (Å²) in [6.07, 6.45) is 3.43. The first kappa shape index (κ1) is 9.37. The Morgan fingerprint density at radius 2 is 2.07 bits per heavy atom. The van der Waals surface area contributed by atoms with Crippen LogP contribution in [0.1, 0.15) is 36.5 Å². The van der Waals surface area contributed by atoms with Gasteiger partial charge in [0.25, 0.3) is 0 Å². The zero-order valence-corrected chi connectivity index (χ0v) is 8.89. The van der Waals surface area contributed by atoms with Crippen molar-refractivity contribution in [2.45, 2.75) is 38.0 Å². The number of aliphatic hydroxyl groups is 1. The molecule has 0 aromatic heterocycles. The van der Waals surface area contributed by atoms with Crippen LogP contribution in [-0.4, -0.2) is 22.6 Å². The molecule has 0 aliphatic carbocycles. The Balaban J connectivity index is 1.98. The standard InChI is InChI=1S/C13H17NO/c15-13-11-6-2-1-5-10(11)9-14-8-4-3-7-12(13)14/h1-2,5-6,12-13,15H,3-4,7-9H2/t12-,13-/m0/s1. The van der Waals surface area contributed by atoms with Gasteiger partial charge >= 0.3 is 0 Å². The first-order chi connectivity index (χ1) is 7.36. The first-order valence-corrected chi connectivity index (χ1v) is 5.86. The fraction of sp³-hybridized carbons (Fsp3) is 0.538. The molecule has 0 spiro atoms. The van der Waals surface area contributed by atoms with Crippen LogP contribution in [0, 0.1) is 0 Å². The van der Waals surface area contributed by atoms with E-state index >= 15 is 0 Å². The van der Waals surface area contributed by atoms with E-state index in [-0.39, 0.29) is 6.10 Å². The highest BCUT2D eigenvalue weighted by Crippen LogP contribution is 2.35. The number of benzene rings is 1. The molecule has 1 aromatic carbocycles. The molecule has 2 heteroatoms. The van der Waals surface area contributed by atoms with Gasteiger partial charge in [-0.2, -0.15) is 0 Å². The lowest BCUT2D eigenvalue weighted by Gasteiger charge is -2.43. The van der Waals surface area contributed by atoms with Crippen molar-refractivity contribution < 1.29 is 5.11 Å². The van der Waals surface area contributed by atoms with Crippen molar-refractivity contribution >= 4 is 0 Å². The van der Waals surface area contributed by atoms with E-state index in [1.165, 1.54) is 18.4 Å². The lowest BCUT2D eigenvalue weighted by molar-refractivity contribution is 0.00603. The molecule has 15 heavy (non-hydrogen) atoms. The largest absolute Gasteiger partial charge is 0.387 e. The van der Waals surface area contributed by atoms with Crippen LogP contribution < -0.4 is 0 Å². The second-order valence-electron chi connectivity index (χ2n) is 4.68. The number of hydrogen-bond donors (Lipinski definition) is 1. The maximum atomic E-state index is 10.3. The molecule has 0 saturated carbocycles. The molecule has 0 unspecified atom stereocenters. The van der Waals surface area contributed by atoms with Gasteiger partial charge in [0, 0.05) is 12.6 Å². The van der Waals surface area contributed by atoms with Gasteiger partial charge in [0.1, 0.15) is 0 Å². The number of nitrogens with zero attached hydrogens (tertiary/aromatic N) is 1. The summed E-state index contributed by atoms with van der Waals surface area (Å²) in [4.78, 5) is 2.44. The Morgan fingerprint density at radius 3 is 3.00 bits per heavy atom. The number of aliphatic hydroxyl groups excluding tert-OH is 1. The van der Waals surface area contributed by atoms with Crippen LogP contribution in [0.5, 0.6) is 0 Å². The summed E-state index contributed by atoms with van der Waals surface area (Å²) in [5, 5.41) is 10.3. The van der Waals surface area contributed by atoms with Crippen LogP contribution in [0.25, 0.3) is 0 Å². The summed E-state index contributed by atoms with van der Waals surface area (Å²) in [6, 6.07) is 8.68. The monoisotopic (exact) mass is 203 g/mol. The SMILES string of the molecule is O[C@H]1c2ccccc2CN2CCCC[C@@H]12. The van der Waals surface area contributed by atoms with Gasteiger partial charge in [-0.1, -0.05) is 30.7 Å². The summed E-state index contributed by atoms with van der Waals surface area (Å²) in [7, 11) is 0. The molecule has 3 rings (SSSR count). The predicted octanol–water partition coefficient (Wildman–Crippen LogP) is 2.09. The maximum Gasteiger partial charge on any atom is 0.0948 e. The highest BCUT2D eigenvalue weighted by Gasteiger charge is 2.34. The fourth-order valence-electron chi connectivity index (χ4n) is 2.96. The maximum absolute atomic E-state index is 10.3. The van der Waals surface area contributed by atoms with Crippen molar-refractivity contribution in [3.63, 3.8) is 0 Å². The average molecular weight is 203 g/mol. The Hall–Kier alpha value is -0.860. The predicted molar refractivity (Wildman–Crippen MR) is 59.5 cm³/mol. The zero-order valence-electron chi connectivity index (χ0n) is 8.89. The minimum Gasteiger partial charge on any atom is -0.387 e. The Labute approximate surface area is 90.5 Å². The highest BCUT2D eigenvalue weighted by atomic mass is 16.3. The smallest absolute Gasteiger partial charge is 0.0948 e. The lowest BCUT2D eigenvalue weighted by atomic mass is 9.86. The molecule has 1 saturated heterocycles. The molecule has 2 heterocycles. The normalized spacial score (nSPS) is 30.7. The van der Waals surface area contributed by atoms with E-state index in [9.17, 15) is 5.11 Å².